The van der Waals surface area contributed by atoms with Crippen molar-refractivity contribution < 1.29 is 4.79 Å². The van der Waals surface area contributed by atoms with E-state index in [0.717, 1.165) is 30.7 Å². The van der Waals surface area contributed by atoms with E-state index in [0.29, 0.717) is 11.6 Å². The van der Waals surface area contributed by atoms with E-state index in [1.807, 2.05) is 17.0 Å². The van der Waals surface area contributed by atoms with Crippen LogP contribution in [0.3, 0.4) is 0 Å². The molecule has 0 aliphatic heterocycles. The molecule has 0 aromatic carbocycles. The molecule has 1 amide bonds. The molecule has 116 valence electrons. The molecule has 0 saturated heterocycles. The summed E-state index contributed by atoms with van der Waals surface area (Å²) in [6, 6.07) is 4.25. The van der Waals surface area contributed by atoms with Crippen LogP contribution >= 0.6 is 11.8 Å². The molecule has 2 aromatic rings. The number of nitrogens with zero attached hydrogens (tertiary/aromatic N) is 4. The molecule has 3 rings (SSSR count). The van der Waals surface area contributed by atoms with Gasteiger partial charge in [0, 0.05) is 12.2 Å². The number of carbonyl (C=O) groups is 1. The first-order valence-corrected chi connectivity index (χ1v) is 8.64. The first-order valence-electron chi connectivity index (χ1n) is 7.42. The fraction of sp³-hybridized carbons (Fsp3) is 0.467. The van der Waals surface area contributed by atoms with Gasteiger partial charge in [-0.3, -0.25) is 4.79 Å². The smallest absolute Gasteiger partial charge is 0.254 e. The van der Waals surface area contributed by atoms with Crippen LogP contribution in [0, 0.1) is 0 Å². The second-order valence-corrected chi connectivity index (χ2v) is 6.21. The molecule has 0 bridgehead atoms. The molecule has 7 heteroatoms. The van der Waals surface area contributed by atoms with Crippen LogP contribution in [0.2, 0.25) is 0 Å². The van der Waals surface area contributed by atoms with Gasteiger partial charge < -0.3 is 5.32 Å². The van der Waals surface area contributed by atoms with Gasteiger partial charge in [0.1, 0.15) is 17.7 Å². The summed E-state index contributed by atoms with van der Waals surface area (Å²) in [5, 5.41) is 8.12. The summed E-state index contributed by atoms with van der Waals surface area (Å²) in [6.45, 7) is 0. The zero-order chi connectivity index (χ0) is 15.4. The summed E-state index contributed by atoms with van der Waals surface area (Å²) in [6.07, 6.45) is 10.9. The van der Waals surface area contributed by atoms with E-state index in [1.165, 1.54) is 11.8 Å². The van der Waals surface area contributed by atoms with Gasteiger partial charge in [-0.25, -0.2) is 14.6 Å². The molecule has 0 unspecified atom stereocenters. The number of nitrogens with one attached hydrogen (secondary N) is 1. The Balaban J connectivity index is 1.57. The largest absolute Gasteiger partial charge is 0.349 e. The minimum absolute atomic E-state index is 0.0262. The van der Waals surface area contributed by atoms with Gasteiger partial charge in [0.2, 0.25) is 0 Å². The Bertz CT molecular complexity index is 623. The van der Waals surface area contributed by atoms with Crippen molar-refractivity contribution >= 4 is 17.7 Å². The summed E-state index contributed by atoms with van der Waals surface area (Å²) in [7, 11) is 0. The highest BCUT2D eigenvalue weighted by Crippen LogP contribution is 2.28. The number of hydrogen-bond acceptors (Lipinski definition) is 5. The van der Waals surface area contributed by atoms with E-state index in [2.05, 4.69) is 20.4 Å². The minimum Gasteiger partial charge on any atom is -0.349 e. The maximum absolute atomic E-state index is 12.4. The normalized spacial score (nSPS) is 21.5. The molecule has 1 N–H and O–H groups in total. The molecule has 0 atom stereocenters. The van der Waals surface area contributed by atoms with Crippen LogP contribution in [-0.2, 0) is 0 Å². The number of hydrogen-bond donors (Lipinski definition) is 1. The fourth-order valence-electron chi connectivity index (χ4n) is 2.88. The quantitative estimate of drug-likeness (QED) is 0.876. The standard InChI is InChI=1S/C15H19N5OS/c1-22-15-13(3-2-8-17-15)14(21)19-11-4-6-12(7-5-11)20-10-16-9-18-20/h2-3,8-12H,4-7H2,1H3,(H,19,21). The van der Waals surface area contributed by atoms with Gasteiger partial charge in [0.15, 0.2) is 0 Å². The zero-order valence-electron chi connectivity index (χ0n) is 12.5. The molecule has 22 heavy (non-hydrogen) atoms. The highest BCUT2D eigenvalue weighted by Gasteiger charge is 2.24. The van der Waals surface area contributed by atoms with E-state index in [1.54, 1.807) is 24.9 Å². The van der Waals surface area contributed by atoms with Crippen molar-refractivity contribution in [3.05, 3.63) is 36.5 Å². The molecule has 1 saturated carbocycles. The molecule has 1 fully saturated rings. The van der Waals surface area contributed by atoms with Crippen molar-refractivity contribution in [2.24, 2.45) is 0 Å². The lowest BCUT2D eigenvalue weighted by Gasteiger charge is -2.29. The van der Waals surface area contributed by atoms with Crippen LogP contribution < -0.4 is 5.32 Å². The van der Waals surface area contributed by atoms with Gasteiger partial charge in [-0.15, -0.1) is 11.8 Å². The summed E-state index contributed by atoms with van der Waals surface area (Å²) >= 11 is 1.49. The number of carbonyl (C=O) groups excluding carboxylic acids is 1. The maximum atomic E-state index is 12.4. The van der Waals surface area contributed by atoms with E-state index in [9.17, 15) is 4.79 Å². The van der Waals surface area contributed by atoms with Crippen LogP contribution in [-0.4, -0.2) is 38.0 Å². The van der Waals surface area contributed by atoms with Crippen LogP contribution in [0.4, 0.5) is 0 Å². The summed E-state index contributed by atoms with van der Waals surface area (Å²) in [5.74, 6) is -0.0262. The van der Waals surface area contributed by atoms with Gasteiger partial charge in [0.05, 0.1) is 11.6 Å². The number of thioether (sulfide) groups is 1. The SMILES string of the molecule is CSc1ncccc1C(=O)NC1CCC(n2cncn2)CC1. The predicted molar refractivity (Wildman–Crippen MR) is 84.8 cm³/mol. The van der Waals surface area contributed by atoms with Gasteiger partial charge in [0.25, 0.3) is 5.91 Å². The van der Waals surface area contributed by atoms with Crippen LogP contribution in [0.1, 0.15) is 42.1 Å². The monoisotopic (exact) mass is 317 g/mol. The van der Waals surface area contributed by atoms with Crippen molar-refractivity contribution in [3.8, 4) is 0 Å². The summed E-state index contributed by atoms with van der Waals surface area (Å²) in [5.41, 5.74) is 0.661. The Labute approximate surface area is 133 Å². The third-order valence-corrected chi connectivity index (χ3v) is 4.76. The topological polar surface area (TPSA) is 72.7 Å². The van der Waals surface area contributed by atoms with Gasteiger partial charge in [-0.1, -0.05) is 0 Å². The Morgan fingerprint density at radius 2 is 2.18 bits per heavy atom. The van der Waals surface area contributed by atoms with Gasteiger partial charge >= 0.3 is 0 Å². The third-order valence-electron chi connectivity index (χ3n) is 4.05. The van der Waals surface area contributed by atoms with Crippen molar-refractivity contribution in [1.82, 2.24) is 25.1 Å². The van der Waals surface area contributed by atoms with Crippen molar-refractivity contribution in [3.63, 3.8) is 0 Å². The zero-order valence-corrected chi connectivity index (χ0v) is 13.3. The lowest BCUT2D eigenvalue weighted by atomic mass is 9.91. The fourth-order valence-corrected chi connectivity index (χ4v) is 3.43. The van der Waals surface area contributed by atoms with E-state index in [-0.39, 0.29) is 11.9 Å². The molecule has 2 aromatic heterocycles. The van der Waals surface area contributed by atoms with E-state index in [4.69, 9.17) is 0 Å². The minimum atomic E-state index is -0.0262. The molecular weight excluding hydrogens is 298 g/mol. The Morgan fingerprint density at radius 3 is 2.86 bits per heavy atom. The highest BCUT2D eigenvalue weighted by molar-refractivity contribution is 7.98. The van der Waals surface area contributed by atoms with Crippen molar-refractivity contribution in [2.45, 2.75) is 42.8 Å². The van der Waals surface area contributed by atoms with Gasteiger partial charge in [-0.05, 0) is 44.1 Å². The first kappa shape index (κ1) is 15.0. The Morgan fingerprint density at radius 1 is 1.36 bits per heavy atom. The van der Waals surface area contributed by atoms with Crippen LogP contribution in [0.15, 0.2) is 36.0 Å². The summed E-state index contributed by atoms with van der Waals surface area (Å²) < 4.78 is 1.92. The number of pyridine rings is 1. The average molecular weight is 317 g/mol. The third kappa shape index (κ3) is 3.30. The average Bonchev–Trinajstić information content (AvgIpc) is 3.10. The molecule has 0 spiro atoms. The summed E-state index contributed by atoms with van der Waals surface area (Å²) in [4.78, 5) is 20.6. The highest BCUT2D eigenvalue weighted by atomic mass is 32.2. The van der Waals surface area contributed by atoms with Gasteiger partial charge in [-0.2, -0.15) is 5.10 Å². The number of rotatable bonds is 4. The van der Waals surface area contributed by atoms with Crippen molar-refractivity contribution in [1.29, 1.82) is 0 Å². The predicted octanol–water partition coefficient (Wildman–Crippen LogP) is 2.31. The maximum Gasteiger partial charge on any atom is 0.254 e. The molecule has 1 aliphatic rings. The second kappa shape index (κ2) is 6.91. The Kier molecular flexibility index (Phi) is 4.72. The second-order valence-electron chi connectivity index (χ2n) is 5.41. The molecule has 1 aliphatic carbocycles. The molecular formula is C15H19N5OS. The lowest BCUT2D eigenvalue weighted by molar-refractivity contribution is 0.0918. The number of aromatic nitrogens is 4. The molecule has 6 nitrogen and oxygen atoms in total. The van der Waals surface area contributed by atoms with Crippen LogP contribution in [0.25, 0.3) is 0 Å². The molecule has 2 heterocycles. The first-order chi connectivity index (χ1) is 10.8. The Hall–Kier alpha value is -1.89. The van der Waals surface area contributed by atoms with Crippen LogP contribution in [0.5, 0.6) is 0 Å². The number of amides is 1. The lowest BCUT2D eigenvalue weighted by Crippen LogP contribution is -2.38. The van der Waals surface area contributed by atoms with E-state index < -0.39 is 0 Å². The molecule has 0 radical (unpaired) electrons. The van der Waals surface area contributed by atoms with E-state index >= 15 is 0 Å². The van der Waals surface area contributed by atoms with Crippen molar-refractivity contribution in [2.75, 3.05) is 6.26 Å².